The Bertz CT molecular complexity index is 540. The van der Waals surface area contributed by atoms with E-state index in [1.165, 1.54) is 4.31 Å². The van der Waals surface area contributed by atoms with Gasteiger partial charge in [0.2, 0.25) is 10.0 Å². The zero-order valence-corrected chi connectivity index (χ0v) is 12.5. The number of ether oxygens (including phenoxy) is 1. The number of benzene rings is 1. The van der Waals surface area contributed by atoms with Gasteiger partial charge in [0.1, 0.15) is 5.75 Å². The maximum Gasteiger partial charge on any atom is 0.215 e. The number of hydrogen-bond donors (Lipinski definition) is 1. The lowest BCUT2D eigenvalue weighted by atomic mass is 10.2. The van der Waals surface area contributed by atoms with Crippen molar-refractivity contribution in [3.8, 4) is 5.75 Å². The van der Waals surface area contributed by atoms with Gasteiger partial charge in [0, 0.05) is 44.5 Å². The molecule has 0 bridgehead atoms. The summed E-state index contributed by atoms with van der Waals surface area (Å²) in [6.07, 6.45) is 0. The lowest BCUT2D eigenvalue weighted by Crippen LogP contribution is -2.49. The molecule has 0 aromatic heterocycles. The maximum atomic E-state index is 11.9. The minimum atomic E-state index is -3.19. The first-order valence-electron chi connectivity index (χ1n) is 6.64. The Labute approximate surface area is 120 Å². The highest BCUT2D eigenvalue weighted by molar-refractivity contribution is 7.89. The summed E-state index contributed by atoms with van der Waals surface area (Å²) in [4.78, 5) is 2.16. The van der Waals surface area contributed by atoms with Gasteiger partial charge in [-0.15, -0.1) is 0 Å². The molecule has 1 saturated heterocycles. The molecular formula is C13H21N3O3S. The first-order chi connectivity index (χ1) is 9.56. The van der Waals surface area contributed by atoms with Gasteiger partial charge in [0.25, 0.3) is 0 Å². The molecule has 6 nitrogen and oxygen atoms in total. The molecule has 0 spiro atoms. The number of hydrogen-bond acceptors (Lipinski definition) is 5. The van der Waals surface area contributed by atoms with Gasteiger partial charge in [-0.3, -0.25) is 0 Å². The van der Waals surface area contributed by atoms with Gasteiger partial charge in [-0.2, -0.15) is 4.31 Å². The second-order valence-electron chi connectivity index (χ2n) is 4.69. The van der Waals surface area contributed by atoms with Gasteiger partial charge < -0.3 is 15.4 Å². The van der Waals surface area contributed by atoms with E-state index < -0.39 is 10.0 Å². The Hall–Kier alpha value is -1.31. The van der Waals surface area contributed by atoms with Crippen LogP contribution in [-0.4, -0.2) is 58.3 Å². The monoisotopic (exact) mass is 299 g/mol. The molecule has 0 amide bonds. The van der Waals surface area contributed by atoms with E-state index in [-0.39, 0.29) is 12.3 Å². The van der Waals surface area contributed by atoms with Crippen LogP contribution >= 0.6 is 0 Å². The summed E-state index contributed by atoms with van der Waals surface area (Å²) in [6.45, 7) is 2.52. The Morgan fingerprint density at radius 1 is 1.25 bits per heavy atom. The van der Waals surface area contributed by atoms with Crippen molar-refractivity contribution >= 4 is 15.7 Å². The van der Waals surface area contributed by atoms with Gasteiger partial charge in [-0.1, -0.05) is 6.07 Å². The predicted molar refractivity (Wildman–Crippen MR) is 79.6 cm³/mol. The van der Waals surface area contributed by atoms with Gasteiger partial charge >= 0.3 is 0 Å². The maximum absolute atomic E-state index is 11.9. The summed E-state index contributed by atoms with van der Waals surface area (Å²) in [5, 5.41) is 0. The molecular weight excluding hydrogens is 278 g/mol. The van der Waals surface area contributed by atoms with Crippen LogP contribution in [0.1, 0.15) is 0 Å². The van der Waals surface area contributed by atoms with Crippen LogP contribution in [0.3, 0.4) is 0 Å². The fourth-order valence-corrected chi connectivity index (χ4v) is 3.59. The zero-order chi connectivity index (χ0) is 14.6. The fourth-order valence-electron chi connectivity index (χ4n) is 2.31. The van der Waals surface area contributed by atoms with Crippen LogP contribution in [0, 0.1) is 0 Å². The quantitative estimate of drug-likeness (QED) is 0.835. The summed E-state index contributed by atoms with van der Waals surface area (Å²) in [7, 11) is -1.56. The van der Waals surface area contributed by atoms with Crippen molar-refractivity contribution in [1.82, 2.24) is 4.31 Å². The molecule has 1 fully saturated rings. The molecule has 1 aromatic rings. The molecule has 20 heavy (non-hydrogen) atoms. The van der Waals surface area contributed by atoms with Crippen LogP contribution in [0.25, 0.3) is 0 Å². The Kier molecular flexibility index (Phi) is 4.85. The zero-order valence-electron chi connectivity index (χ0n) is 11.7. The number of anilines is 1. The lowest BCUT2D eigenvalue weighted by molar-refractivity contribution is 0.384. The van der Waals surface area contributed by atoms with Crippen molar-refractivity contribution in [1.29, 1.82) is 0 Å². The van der Waals surface area contributed by atoms with Crippen molar-refractivity contribution in [3.05, 3.63) is 24.3 Å². The van der Waals surface area contributed by atoms with E-state index >= 15 is 0 Å². The normalized spacial score (nSPS) is 17.2. The number of sulfonamides is 1. The third kappa shape index (κ3) is 3.41. The number of nitrogens with two attached hydrogens (primary N) is 1. The van der Waals surface area contributed by atoms with E-state index in [0.29, 0.717) is 26.2 Å². The first kappa shape index (κ1) is 15.1. The van der Waals surface area contributed by atoms with Gasteiger partial charge in [0.15, 0.2) is 0 Å². The van der Waals surface area contributed by atoms with E-state index in [9.17, 15) is 8.42 Å². The molecule has 2 rings (SSSR count). The van der Waals surface area contributed by atoms with Crippen molar-refractivity contribution in [3.63, 3.8) is 0 Å². The number of nitrogens with zero attached hydrogens (tertiary/aromatic N) is 2. The number of methoxy groups -OCH3 is 1. The second kappa shape index (κ2) is 6.43. The van der Waals surface area contributed by atoms with Crippen LogP contribution < -0.4 is 15.4 Å². The molecule has 1 aliphatic rings. The molecule has 2 N–H and O–H groups in total. The average Bonchev–Trinajstić information content (AvgIpc) is 2.47. The van der Waals surface area contributed by atoms with E-state index in [4.69, 9.17) is 10.5 Å². The average molecular weight is 299 g/mol. The van der Waals surface area contributed by atoms with Crippen LogP contribution in [0.2, 0.25) is 0 Å². The molecule has 0 radical (unpaired) electrons. The highest BCUT2D eigenvalue weighted by Crippen LogP contribution is 2.22. The van der Waals surface area contributed by atoms with Crippen LogP contribution in [0.15, 0.2) is 24.3 Å². The molecule has 112 valence electrons. The molecule has 1 heterocycles. The summed E-state index contributed by atoms with van der Waals surface area (Å²) >= 11 is 0. The molecule has 7 heteroatoms. The molecule has 1 aromatic carbocycles. The first-order valence-corrected chi connectivity index (χ1v) is 8.24. The lowest BCUT2D eigenvalue weighted by Gasteiger charge is -2.35. The van der Waals surface area contributed by atoms with Gasteiger partial charge in [-0.05, 0) is 12.1 Å². The summed E-state index contributed by atoms with van der Waals surface area (Å²) in [5.41, 5.74) is 6.40. The summed E-state index contributed by atoms with van der Waals surface area (Å²) < 4.78 is 30.6. The smallest absolute Gasteiger partial charge is 0.215 e. The van der Waals surface area contributed by atoms with Crippen LogP contribution in [0.4, 0.5) is 5.69 Å². The van der Waals surface area contributed by atoms with Gasteiger partial charge in [-0.25, -0.2) is 8.42 Å². The topological polar surface area (TPSA) is 75.9 Å². The van der Waals surface area contributed by atoms with E-state index in [2.05, 4.69) is 4.90 Å². The minimum Gasteiger partial charge on any atom is -0.497 e. The fraction of sp³-hybridized carbons (Fsp3) is 0.538. The van der Waals surface area contributed by atoms with Gasteiger partial charge in [0.05, 0.1) is 12.9 Å². The van der Waals surface area contributed by atoms with Crippen molar-refractivity contribution in [2.45, 2.75) is 0 Å². The highest BCUT2D eigenvalue weighted by atomic mass is 32.2. The standard InChI is InChI=1S/C13H21N3O3S/c1-19-13-4-2-3-12(11-13)15-6-8-16(9-7-15)20(17,18)10-5-14/h2-4,11H,5-10,14H2,1H3. The van der Waals surface area contributed by atoms with Crippen LogP contribution in [0.5, 0.6) is 5.75 Å². The number of piperazine rings is 1. The largest absolute Gasteiger partial charge is 0.497 e. The predicted octanol–water partition coefficient (Wildman–Crippen LogP) is 0.106. The third-order valence-electron chi connectivity index (χ3n) is 3.43. The Morgan fingerprint density at radius 2 is 1.95 bits per heavy atom. The molecule has 0 atom stereocenters. The Balaban J connectivity index is 2.00. The summed E-state index contributed by atoms with van der Waals surface area (Å²) in [6, 6.07) is 7.80. The second-order valence-corrected chi connectivity index (χ2v) is 6.78. The van der Waals surface area contributed by atoms with E-state index in [1.807, 2.05) is 24.3 Å². The molecule has 1 aliphatic heterocycles. The third-order valence-corrected chi connectivity index (χ3v) is 5.33. The molecule has 0 aliphatic carbocycles. The highest BCUT2D eigenvalue weighted by Gasteiger charge is 2.26. The summed E-state index contributed by atoms with van der Waals surface area (Å²) in [5.74, 6) is 0.826. The van der Waals surface area contributed by atoms with Crippen LogP contribution in [-0.2, 0) is 10.0 Å². The van der Waals surface area contributed by atoms with Crippen molar-refractivity contribution < 1.29 is 13.2 Å². The Morgan fingerprint density at radius 3 is 2.55 bits per heavy atom. The minimum absolute atomic E-state index is 0.0200. The van der Waals surface area contributed by atoms with E-state index in [1.54, 1.807) is 7.11 Å². The van der Waals surface area contributed by atoms with Crippen molar-refractivity contribution in [2.75, 3.05) is 50.5 Å². The van der Waals surface area contributed by atoms with E-state index in [0.717, 1.165) is 11.4 Å². The molecule has 0 unspecified atom stereocenters. The number of rotatable bonds is 5. The molecule has 0 saturated carbocycles. The SMILES string of the molecule is COc1cccc(N2CCN(S(=O)(=O)CCN)CC2)c1. The van der Waals surface area contributed by atoms with Crippen molar-refractivity contribution in [2.24, 2.45) is 5.73 Å².